The summed E-state index contributed by atoms with van der Waals surface area (Å²) in [7, 11) is 0. The predicted octanol–water partition coefficient (Wildman–Crippen LogP) is 2.40. The van der Waals surface area contributed by atoms with Crippen molar-refractivity contribution >= 4 is 0 Å². The van der Waals surface area contributed by atoms with Gasteiger partial charge >= 0.3 is 0 Å². The summed E-state index contributed by atoms with van der Waals surface area (Å²) in [4.78, 5) is 0. The molecule has 1 aromatic rings. The number of hydrogen-bond acceptors (Lipinski definition) is 1. The van der Waals surface area contributed by atoms with Crippen LogP contribution in [0.5, 0.6) is 5.75 Å². The summed E-state index contributed by atoms with van der Waals surface area (Å²) in [5.41, 5.74) is 0. The van der Waals surface area contributed by atoms with E-state index in [2.05, 4.69) is 13.5 Å². The Bertz CT molecular complexity index is 172. The van der Waals surface area contributed by atoms with Crippen LogP contribution in [0, 0.1) is 6.92 Å². The Kier molecular flexibility index (Phi) is 10.9. The fraction of sp³-hybridized carbons (Fsp3) is 0. The topological polar surface area (TPSA) is 20.2 Å². The molecule has 1 aromatic carbocycles. The molecule has 64 valence electrons. The average Bonchev–Trinajstić information content (AvgIpc) is 1.91. The van der Waals surface area contributed by atoms with Crippen LogP contribution in [0.15, 0.2) is 43.0 Å². The van der Waals surface area contributed by atoms with Crippen molar-refractivity contribution in [2.24, 2.45) is 0 Å². The van der Waals surface area contributed by atoms with Crippen molar-refractivity contribution < 1.29 is 25.5 Å². The van der Waals surface area contributed by atoms with E-state index >= 15 is 0 Å². The van der Waals surface area contributed by atoms with E-state index in [9.17, 15) is 0 Å². The molecule has 11 heavy (non-hydrogen) atoms. The summed E-state index contributed by atoms with van der Waals surface area (Å²) in [5.74, 6) is 0.322. The summed E-state index contributed by atoms with van der Waals surface area (Å²) < 4.78 is 0. The SMILES string of the molecule is C=C[CH2-].Oc1ccccc1.[Pd]. The smallest absolute Gasteiger partial charge is 0.115 e. The van der Waals surface area contributed by atoms with Gasteiger partial charge in [0.15, 0.2) is 0 Å². The molecule has 1 nitrogen and oxygen atoms in total. The van der Waals surface area contributed by atoms with Crippen LogP contribution in [0.25, 0.3) is 0 Å². The van der Waals surface area contributed by atoms with Gasteiger partial charge in [0.1, 0.15) is 5.75 Å². The van der Waals surface area contributed by atoms with Crippen molar-refractivity contribution in [3.05, 3.63) is 49.9 Å². The molecule has 0 unspecified atom stereocenters. The molecule has 0 radical (unpaired) electrons. The molecule has 0 saturated heterocycles. The summed E-state index contributed by atoms with van der Waals surface area (Å²) in [6.07, 6.45) is 1.50. The van der Waals surface area contributed by atoms with Crippen LogP contribution < -0.4 is 0 Å². The summed E-state index contributed by atoms with van der Waals surface area (Å²) in [6, 6.07) is 8.71. The van der Waals surface area contributed by atoms with Crippen LogP contribution in [0.1, 0.15) is 0 Å². The molecule has 0 aliphatic carbocycles. The van der Waals surface area contributed by atoms with E-state index in [0.29, 0.717) is 5.75 Å². The predicted molar refractivity (Wildman–Crippen MR) is 43.7 cm³/mol. The van der Waals surface area contributed by atoms with Crippen LogP contribution in [-0.2, 0) is 20.4 Å². The minimum atomic E-state index is 0. The third kappa shape index (κ3) is 9.29. The molecule has 0 spiro atoms. The zero-order valence-electron chi connectivity index (χ0n) is 6.14. The summed E-state index contributed by atoms with van der Waals surface area (Å²) in [6.45, 7) is 6.50. The van der Waals surface area contributed by atoms with Gasteiger partial charge in [0, 0.05) is 20.4 Å². The molecule has 0 aromatic heterocycles. The van der Waals surface area contributed by atoms with Crippen LogP contribution in [0.3, 0.4) is 0 Å². The Morgan fingerprint density at radius 2 is 1.64 bits per heavy atom. The fourth-order valence-corrected chi connectivity index (χ4v) is 0.428. The molecule has 0 fully saturated rings. The summed E-state index contributed by atoms with van der Waals surface area (Å²) >= 11 is 0. The molecule has 0 saturated carbocycles. The van der Waals surface area contributed by atoms with Gasteiger partial charge in [-0.05, 0) is 12.1 Å². The van der Waals surface area contributed by atoms with Crippen molar-refractivity contribution in [1.29, 1.82) is 0 Å². The molecule has 1 rings (SSSR count). The van der Waals surface area contributed by atoms with Crippen LogP contribution >= 0.6 is 0 Å². The number of phenolic OH excluding ortho intramolecular Hbond substituents is 1. The number of benzene rings is 1. The first-order chi connectivity index (χ1) is 4.81. The Labute approximate surface area is 81.4 Å². The first kappa shape index (κ1) is 12.9. The van der Waals surface area contributed by atoms with E-state index in [1.807, 2.05) is 6.07 Å². The normalized spacial score (nSPS) is 6.55. The van der Waals surface area contributed by atoms with Crippen LogP contribution in [0.4, 0.5) is 0 Å². The van der Waals surface area contributed by atoms with Gasteiger partial charge in [-0.15, -0.1) is 0 Å². The van der Waals surface area contributed by atoms with Gasteiger partial charge in [-0.25, -0.2) is 19.6 Å². The second kappa shape index (κ2) is 9.29. The van der Waals surface area contributed by atoms with Crippen molar-refractivity contribution in [3.8, 4) is 5.75 Å². The average molecular weight is 242 g/mol. The number of para-hydroxylation sites is 1. The zero-order chi connectivity index (χ0) is 7.82. The second-order valence-corrected chi connectivity index (χ2v) is 1.62. The number of phenols is 1. The van der Waals surface area contributed by atoms with E-state index in [-0.39, 0.29) is 20.4 Å². The maximum atomic E-state index is 8.63. The standard InChI is InChI=1S/C6H6O.C3H5.Pd/c7-6-4-2-1-3-5-6;1-3-2;/h1-5,7H;3H,1-2H2;/q;-1;. The van der Waals surface area contributed by atoms with Gasteiger partial charge in [0.25, 0.3) is 0 Å². The number of hydrogen-bond donors (Lipinski definition) is 1. The molecule has 0 amide bonds. The fourth-order valence-electron chi connectivity index (χ4n) is 0.428. The minimum absolute atomic E-state index is 0. The van der Waals surface area contributed by atoms with E-state index in [0.717, 1.165) is 0 Å². The van der Waals surface area contributed by atoms with E-state index in [4.69, 9.17) is 5.11 Å². The largest absolute Gasteiger partial charge is 0.508 e. The molecule has 0 bridgehead atoms. The van der Waals surface area contributed by atoms with Gasteiger partial charge in [-0.1, -0.05) is 18.2 Å². The molecule has 0 heterocycles. The van der Waals surface area contributed by atoms with Crippen LogP contribution in [-0.4, -0.2) is 5.11 Å². The number of allylic oxidation sites excluding steroid dienone is 1. The van der Waals surface area contributed by atoms with E-state index < -0.39 is 0 Å². The maximum Gasteiger partial charge on any atom is 0.115 e. The van der Waals surface area contributed by atoms with Crippen molar-refractivity contribution in [1.82, 2.24) is 0 Å². The van der Waals surface area contributed by atoms with Crippen molar-refractivity contribution in [3.63, 3.8) is 0 Å². The Morgan fingerprint density at radius 1 is 1.27 bits per heavy atom. The van der Waals surface area contributed by atoms with E-state index in [1.54, 1.807) is 24.3 Å². The van der Waals surface area contributed by atoms with E-state index in [1.165, 1.54) is 6.08 Å². The van der Waals surface area contributed by atoms with Gasteiger partial charge in [0.2, 0.25) is 0 Å². The molecule has 0 atom stereocenters. The quantitative estimate of drug-likeness (QED) is 0.546. The number of aromatic hydroxyl groups is 1. The van der Waals surface area contributed by atoms with Crippen molar-refractivity contribution in [2.75, 3.05) is 0 Å². The second-order valence-electron chi connectivity index (χ2n) is 1.62. The first-order valence-electron chi connectivity index (χ1n) is 2.95. The van der Waals surface area contributed by atoms with Crippen LogP contribution in [0.2, 0.25) is 0 Å². The molecule has 2 heteroatoms. The molecule has 0 aliphatic heterocycles. The van der Waals surface area contributed by atoms with Gasteiger partial charge < -0.3 is 5.11 Å². The number of rotatable bonds is 0. The van der Waals surface area contributed by atoms with Gasteiger partial charge in [-0.3, -0.25) is 0 Å². The third-order valence-corrected chi connectivity index (χ3v) is 0.756. The Balaban J connectivity index is 0. The first-order valence-corrected chi connectivity index (χ1v) is 2.95. The zero-order valence-corrected chi connectivity index (χ0v) is 7.70. The van der Waals surface area contributed by atoms with Crippen molar-refractivity contribution in [2.45, 2.75) is 0 Å². The molecule has 1 N–H and O–H groups in total. The summed E-state index contributed by atoms with van der Waals surface area (Å²) in [5, 5.41) is 8.63. The Morgan fingerprint density at radius 3 is 1.82 bits per heavy atom. The molecular weight excluding hydrogens is 231 g/mol. The van der Waals surface area contributed by atoms with Gasteiger partial charge in [-0.2, -0.15) is 0 Å². The molecule has 0 aliphatic rings. The maximum absolute atomic E-state index is 8.63. The monoisotopic (exact) mass is 241 g/mol. The third-order valence-electron chi connectivity index (χ3n) is 0.756. The molecular formula is C9H11OPd-. The minimum Gasteiger partial charge on any atom is -0.508 e. The Hall–Kier alpha value is -0.708. The van der Waals surface area contributed by atoms with Gasteiger partial charge in [0.05, 0.1) is 0 Å².